The summed E-state index contributed by atoms with van der Waals surface area (Å²) in [6.07, 6.45) is 2.42. The standard InChI is InChI=1S/C11H21NO3/c1-3-12(9(2)7-11(13)14)10-5-4-6-15-8-10/h9-10H,3-8H2,1-2H3,(H,13,14). The quantitative estimate of drug-likeness (QED) is 0.752. The molecule has 4 nitrogen and oxygen atoms in total. The van der Waals surface area contributed by atoms with Crippen LogP contribution in [0.25, 0.3) is 0 Å². The first-order valence-electron chi connectivity index (χ1n) is 5.70. The summed E-state index contributed by atoms with van der Waals surface area (Å²) in [5.41, 5.74) is 0. The monoisotopic (exact) mass is 215 g/mol. The molecule has 0 aromatic carbocycles. The summed E-state index contributed by atoms with van der Waals surface area (Å²) in [5.74, 6) is -0.724. The van der Waals surface area contributed by atoms with Gasteiger partial charge < -0.3 is 9.84 Å². The molecule has 0 aromatic rings. The average Bonchev–Trinajstić information content (AvgIpc) is 2.19. The lowest BCUT2D eigenvalue weighted by atomic mass is 10.1. The predicted molar refractivity (Wildman–Crippen MR) is 57.9 cm³/mol. The SMILES string of the molecule is CCN(C(C)CC(=O)O)C1CCCOC1. The molecule has 1 N–H and O–H groups in total. The summed E-state index contributed by atoms with van der Waals surface area (Å²) in [5, 5.41) is 8.77. The molecule has 15 heavy (non-hydrogen) atoms. The van der Waals surface area contributed by atoms with E-state index in [0.29, 0.717) is 6.04 Å². The van der Waals surface area contributed by atoms with Gasteiger partial charge in [-0.05, 0) is 26.3 Å². The van der Waals surface area contributed by atoms with Crippen LogP contribution in [0.4, 0.5) is 0 Å². The third-order valence-electron chi connectivity index (χ3n) is 3.01. The Morgan fingerprint density at radius 3 is 2.87 bits per heavy atom. The van der Waals surface area contributed by atoms with Gasteiger partial charge >= 0.3 is 5.97 Å². The van der Waals surface area contributed by atoms with Crippen molar-refractivity contribution in [1.82, 2.24) is 4.90 Å². The minimum atomic E-state index is -0.724. The highest BCUT2D eigenvalue weighted by atomic mass is 16.5. The maximum absolute atomic E-state index is 10.7. The molecule has 1 rings (SSSR count). The molecule has 0 amide bonds. The second-order valence-electron chi connectivity index (χ2n) is 4.15. The first-order valence-corrected chi connectivity index (χ1v) is 5.70. The first kappa shape index (κ1) is 12.5. The first-order chi connectivity index (χ1) is 7.15. The Morgan fingerprint density at radius 1 is 1.67 bits per heavy atom. The highest BCUT2D eigenvalue weighted by Gasteiger charge is 2.25. The number of rotatable bonds is 5. The normalized spacial score (nSPS) is 24.1. The van der Waals surface area contributed by atoms with E-state index in [-0.39, 0.29) is 12.5 Å². The van der Waals surface area contributed by atoms with E-state index in [1.54, 1.807) is 0 Å². The minimum absolute atomic E-state index is 0.0965. The third kappa shape index (κ3) is 3.80. The summed E-state index contributed by atoms with van der Waals surface area (Å²) in [6, 6.07) is 0.497. The molecule has 88 valence electrons. The van der Waals surface area contributed by atoms with Gasteiger partial charge in [-0.3, -0.25) is 9.69 Å². The van der Waals surface area contributed by atoms with Crippen molar-refractivity contribution in [2.24, 2.45) is 0 Å². The van der Waals surface area contributed by atoms with E-state index in [9.17, 15) is 4.79 Å². The average molecular weight is 215 g/mol. The number of carboxylic acid groups (broad SMARTS) is 1. The molecule has 4 heteroatoms. The van der Waals surface area contributed by atoms with Crippen LogP contribution in [-0.2, 0) is 9.53 Å². The van der Waals surface area contributed by atoms with Crippen LogP contribution in [0.5, 0.6) is 0 Å². The Kier molecular flexibility index (Phi) is 5.05. The molecule has 1 fully saturated rings. The highest BCUT2D eigenvalue weighted by molar-refractivity contribution is 5.67. The maximum atomic E-state index is 10.7. The zero-order valence-corrected chi connectivity index (χ0v) is 9.61. The van der Waals surface area contributed by atoms with Gasteiger partial charge in [0.1, 0.15) is 0 Å². The molecule has 1 heterocycles. The fraction of sp³-hybridized carbons (Fsp3) is 0.909. The lowest BCUT2D eigenvalue weighted by Gasteiger charge is -2.37. The van der Waals surface area contributed by atoms with Gasteiger partial charge in [-0.25, -0.2) is 0 Å². The molecule has 0 spiro atoms. The highest BCUT2D eigenvalue weighted by Crippen LogP contribution is 2.17. The Morgan fingerprint density at radius 2 is 2.40 bits per heavy atom. The lowest BCUT2D eigenvalue weighted by molar-refractivity contribution is -0.138. The Bertz CT molecular complexity index is 202. The molecule has 1 saturated heterocycles. The summed E-state index contributed by atoms with van der Waals surface area (Å²) < 4.78 is 5.43. The van der Waals surface area contributed by atoms with Crippen molar-refractivity contribution in [2.75, 3.05) is 19.8 Å². The number of hydrogen-bond donors (Lipinski definition) is 1. The van der Waals surface area contributed by atoms with Crippen molar-refractivity contribution in [3.8, 4) is 0 Å². The van der Waals surface area contributed by atoms with Gasteiger partial charge in [0.2, 0.25) is 0 Å². The van der Waals surface area contributed by atoms with Gasteiger partial charge in [0.25, 0.3) is 0 Å². The van der Waals surface area contributed by atoms with Crippen LogP contribution in [0, 0.1) is 0 Å². The number of nitrogens with zero attached hydrogens (tertiary/aromatic N) is 1. The second kappa shape index (κ2) is 6.08. The predicted octanol–water partition coefficient (Wildman–Crippen LogP) is 1.35. The second-order valence-corrected chi connectivity index (χ2v) is 4.15. The van der Waals surface area contributed by atoms with E-state index in [0.717, 1.165) is 32.6 Å². The van der Waals surface area contributed by atoms with Gasteiger partial charge in [-0.1, -0.05) is 6.92 Å². The fourth-order valence-electron chi connectivity index (χ4n) is 2.29. The zero-order chi connectivity index (χ0) is 11.3. The smallest absolute Gasteiger partial charge is 0.304 e. The summed E-state index contributed by atoms with van der Waals surface area (Å²) in [4.78, 5) is 12.9. The van der Waals surface area contributed by atoms with Crippen molar-refractivity contribution < 1.29 is 14.6 Å². The third-order valence-corrected chi connectivity index (χ3v) is 3.01. The van der Waals surface area contributed by atoms with Crippen molar-refractivity contribution in [1.29, 1.82) is 0 Å². The van der Waals surface area contributed by atoms with Gasteiger partial charge in [-0.15, -0.1) is 0 Å². The lowest BCUT2D eigenvalue weighted by Crippen LogP contribution is -2.46. The van der Waals surface area contributed by atoms with Crippen LogP contribution in [0.2, 0.25) is 0 Å². The molecule has 0 aromatic heterocycles. The van der Waals surface area contributed by atoms with Crippen molar-refractivity contribution in [2.45, 2.75) is 45.2 Å². The van der Waals surface area contributed by atoms with Gasteiger partial charge in [0.05, 0.1) is 13.0 Å². The Labute approximate surface area is 91.2 Å². The number of carbonyl (C=O) groups is 1. The van der Waals surface area contributed by atoms with Crippen LogP contribution in [-0.4, -0.2) is 47.8 Å². The molecule has 0 saturated carbocycles. The van der Waals surface area contributed by atoms with Crippen molar-refractivity contribution in [3.05, 3.63) is 0 Å². The van der Waals surface area contributed by atoms with Gasteiger partial charge in [0, 0.05) is 18.7 Å². The molecular formula is C11H21NO3. The fourth-order valence-corrected chi connectivity index (χ4v) is 2.29. The van der Waals surface area contributed by atoms with Crippen molar-refractivity contribution in [3.63, 3.8) is 0 Å². The zero-order valence-electron chi connectivity index (χ0n) is 9.61. The van der Waals surface area contributed by atoms with E-state index in [1.807, 2.05) is 6.92 Å². The largest absolute Gasteiger partial charge is 0.481 e. The van der Waals surface area contributed by atoms with E-state index in [4.69, 9.17) is 9.84 Å². The van der Waals surface area contributed by atoms with E-state index in [1.165, 1.54) is 0 Å². The number of aliphatic carboxylic acids is 1. The number of carboxylic acids is 1. The number of hydrogen-bond acceptors (Lipinski definition) is 3. The van der Waals surface area contributed by atoms with Gasteiger partial charge in [0.15, 0.2) is 0 Å². The number of ether oxygens (including phenoxy) is 1. The van der Waals surface area contributed by atoms with Crippen LogP contribution >= 0.6 is 0 Å². The molecule has 0 radical (unpaired) electrons. The molecule has 0 aliphatic carbocycles. The summed E-state index contributed by atoms with van der Waals surface area (Å²) in [7, 11) is 0. The van der Waals surface area contributed by atoms with Crippen LogP contribution in [0.3, 0.4) is 0 Å². The molecule has 1 aliphatic rings. The minimum Gasteiger partial charge on any atom is -0.481 e. The molecule has 2 unspecified atom stereocenters. The maximum Gasteiger partial charge on any atom is 0.304 e. The Hall–Kier alpha value is -0.610. The number of likely N-dealkylation sites (N-methyl/N-ethyl adjacent to an activating group) is 1. The molecule has 2 atom stereocenters. The van der Waals surface area contributed by atoms with E-state index >= 15 is 0 Å². The molecule has 1 aliphatic heterocycles. The Balaban J connectivity index is 2.48. The van der Waals surface area contributed by atoms with E-state index in [2.05, 4.69) is 11.8 Å². The van der Waals surface area contributed by atoms with Crippen LogP contribution < -0.4 is 0 Å². The van der Waals surface area contributed by atoms with Crippen LogP contribution in [0.1, 0.15) is 33.1 Å². The van der Waals surface area contributed by atoms with Gasteiger partial charge in [-0.2, -0.15) is 0 Å². The molecule has 0 bridgehead atoms. The summed E-state index contributed by atoms with van der Waals surface area (Å²) >= 11 is 0. The van der Waals surface area contributed by atoms with Crippen molar-refractivity contribution >= 4 is 5.97 Å². The topological polar surface area (TPSA) is 49.8 Å². The molecular weight excluding hydrogens is 194 g/mol. The van der Waals surface area contributed by atoms with E-state index < -0.39 is 5.97 Å². The summed E-state index contributed by atoms with van der Waals surface area (Å²) in [6.45, 7) is 6.54. The van der Waals surface area contributed by atoms with Crippen LogP contribution in [0.15, 0.2) is 0 Å².